The third-order valence-corrected chi connectivity index (χ3v) is 3.92. The SMILES string of the molecule is CNC(c1ccc(C)s1)c1cccc(OC)c1F. The van der Waals surface area contributed by atoms with E-state index in [0.717, 1.165) is 4.88 Å². The third-order valence-electron chi connectivity index (χ3n) is 2.86. The van der Waals surface area contributed by atoms with E-state index in [-0.39, 0.29) is 17.6 Å². The van der Waals surface area contributed by atoms with E-state index < -0.39 is 0 Å². The van der Waals surface area contributed by atoms with Gasteiger partial charge in [-0.05, 0) is 32.2 Å². The maximum absolute atomic E-state index is 14.2. The number of aryl methyl sites for hydroxylation is 1. The molecule has 0 amide bonds. The van der Waals surface area contributed by atoms with Crippen LogP contribution >= 0.6 is 11.3 Å². The monoisotopic (exact) mass is 265 g/mol. The van der Waals surface area contributed by atoms with Gasteiger partial charge in [0.25, 0.3) is 0 Å². The van der Waals surface area contributed by atoms with Crippen LogP contribution < -0.4 is 10.1 Å². The predicted molar refractivity (Wildman–Crippen MR) is 72.9 cm³/mol. The molecule has 2 nitrogen and oxygen atoms in total. The number of ether oxygens (including phenoxy) is 1. The van der Waals surface area contributed by atoms with Crippen LogP contribution in [0.4, 0.5) is 4.39 Å². The highest BCUT2D eigenvalue weighted by atomic mass is 32.1. The number of hydrogen-bond donors (Lipinski definition) is 1. The first kappa shape index (κ1) is 13.1. The maximum Gasteiger partial charge on any atom is 0.170 e. The van der Waals surface area contributed by atoms with Crippen LogP contribution in [0.5, 0.6) is 5.75 Å². The van der Waals surface area contributed by atoms with Gasteiger partial charge in [0, 0.05) is 15.3 Å². The summed E-state index contributed by atoms with van der Waals surface area (Å²) in [7, 11) is 3.31. The molecular weight excluding hydrogens is 249 g/mol. The maximum atomic E-state index is 14.2. The van der Waals surface area contributed by atoms with Crippen molar-refractivity contribution in [3.63, 3.8) is 0 Å². The van der Waals surface area contributed by atoms with Crippen LogP contribution in [0.3, 0.4) is 0 Å². The molecule has 1 aromatic heterocycles. The Balaban J connectivity index is 2.45. The average Bonchev–Trinajstić information content (AvgIpc) is 2.79. The number of halogens is 1. The van der Waals surface area contributed by atoms with Crippen molar-refractivity contribution in [1.29, 1.82) is 0 Å². The van der Waals surface area contributed by atoms with Gasteiger partial charge in [-0.2, -0.15) is 0 Å². The fourth-order valence-corrected chi connectivity index (χ4v) is 2.97. The van der Waals surface area contributed by atoms with Gasteiger partial charge in [-0.15, -0.1) is 11.3 Å². The van der Waals surface area contributed by atoms with E-state index in [9.17, 15) is 4.39 Å². The molecule has 2 aromatic rings. The molecule has 1 unspecified atom stereocenters. The number of rotatable bonds is 4. The minimum atomic E-state index is -0.301. The summed E-state index contributed by atoms with van der Waals surface area (Å²) in [6, 6.07) is 9.16. The van der Waals surface area contributed by atoms with Gasteiger partial charge in [0.15, 0.2) is 11.6 Å². The minimum absolute atomic E-state index is 0.140. The minimum Gasteiger partial charge on any atom is -0.494 e. The smallest absolute Gasteiger partial charge is 0.170 e. The van der Waals surface area contributed by atoms with Crippen LogP contribution in [0.15, 0.2) is 30.3 Å². The molecule has 18 heavy (non-hydrogen) atoms. The van der Waals surface area contributed by atoms with Crippen LogP contribution in [-0.2, 0) is 0 Å². The molecule has 1 atom stereocenters. The Labute approximate surface area is 110 Å². The van der Waals surface area contributed by atoms with E-state index in [2.05, 4.69) is 5.32 Å². The molecule has 4 heteroatoms. The van der Waals surface area contributed by atoms with Crippen molar-refractivity contribution in [3.8, 4) is 5.75 Å². The molecule has 0 saturated carbocycles. The van der Waals surface area contributed by atoms with Crippen molar-refractivity contribution in [2.45, 2.75) is 13.0 Å². The van der Waals surface area contributed by atoms with Crippen LogP contribution in [0.1, 0.15) is 21.4 Å². The summed E-state index contributed by atoms with van der Waals surface area (Å²) in [5, 5.41) is 3.15. The number of nitrogens with one attached hydrogen (secondary N) is 1. The first-order valence-corrected chi connectivity index (χ1v) is 6.55. The van der Waals surface area contributed by atoms with Gasteiger partial charge in [0.2, 0.25) is 0 Å². The van der Waals surface area contributed by atoms with Crippen molar-refractivity contribution >= 4 is 11.3 Å². The number of methoxy groups -OCH3 is 1. The molecule has 2 rings (SSSR count). The summed E-state index contributed by atoms with van der Waals surface area (Å²) < 4.78 is 19.3. The number of thiophene rings is 1. The lowest BCUT2D eigenvalue weighted by molar-refractivity contribution is 0.382. The molecule has 1 N–H and O–H groups in total. The fraction of sp³-hybridized carbons (Fsp3) is 0.286. The normalized spacial score (nSPS) is 12.4. The van der Waals surface area contributed by atoms with E-state index >= 15 is 0 Å². The zero-order chi connectivity index (χ0) is 13.1. The van der Waals surface area contributed by atoms with E-state index in [4.69, 9.17) is 4.74 Å². The molecular formula is C14H16FNOS. The average molecular weight is 265 g/mol. The second-order valence-electron chi connectivity index (χ2n) is 4.03. The Morgan fingerprint density at radius 1 is 1.28 bits per heavy atom. The highest BCUT2D eigenvalue weighted by molar-refractivity contribution is 7.12. The van der Waals surface area contributed by atoms with Crippen molar-refractivity contribution in [3.05, 3.63) is 51.5 Å². The zero-order valence-electron chi connectivity index (χ0n) is 10.7. The Morgan fingerprint density at radius 3 is 2.61 bits per heavy atom. The molecule has 96 valence electrons. The lowest BCUT2D eigenvalue weighted by atomic mass is 10.0. The quantitative estimate of drug-likeness (QED) is 0.913. The highest BCUT2D eigenvalue weighted by Gasteiger charge is 2.19. The van der Waals surface area contributed by atoms with Crippen molar-refractivity contribution in [2.75, 3.05) is 14.2 Å². The van der Waals surface area contributed by atoms with E-state index in [1.807, 2.05) is 32.2 Å². The molecule has 1 heterocycles. The topological polar surface area (TPSA) is 21.3 Å². The first-order chi connectivity index (χ1) is 8.67. The molecule has 0 bridgehead atoms. The Kier molecular flexibility index (Phi) is 3.99. The summed E-state index contributed by atoms with van der Waals surface area (Å²) in [5.74, 6) is -0.0218. The molecule has 1 aromatic carbocycles. The second kappa shape index (κ2) is 5.50. The van der Waals surface area contributed by atoms with Gasteiger partial charge in [-0.25, -0.2) is 4.39 Å². The second-order valence-corrected chi connectivity index (χ2v) is 5.35. The summed E-state index contributed by atoms with van der Waals surface area (Å²) in [5.41, 5.74) is 0.610. The molecule has 0 radical (unpaired) electrons. The summed E-state index contributed by atoms with van der Waals surface area (Å²) in [4.78, 5) is 2.32. The van der Waals surface area contributed by atoms with Crippen LogP contribution in [0, 0.1) is 12.7 Å². The summed E-state index contributed by atoms with van der Waals surface area (Å²) in [6.07, 6.45) is 0. The van der Waals surface area contributed by atoms with Crippen LogP contribution in [0.25, 0.3) is 0 Å². The molecule has 0 aliphatic heterocycles. The molecule has 0 aliphatic rings. The van der Waals surface area contributed by atoms with E-state index in [1.165, 1.54) is 12.0 Å². The Hall–Kier alpha value is -1.39. The van der Waals surface area contributed by atoms with Gasteiger partial charge >= 0.3 is 0 Å². The zero-order valence-corrected chi connectivity index (χ0v) is 11.5. The van der Waals surface area contributed by atoms with Crippen molar-refractivity contribution < 1.29 is 9.13 Å². The van der Waals surface area contributed by atoms with E-state index in [1.54, 1.807) is 23.5 Å². The number of hydrogen-bond acceptors (Lipinski definition) is 3. The van der Waals surface area contributed by atoms with Crippen LogP contribution in [-0.4, -0.2) is 14.2 Å². The molecule has 0 spiro atoms. The highest BCUT2D eigenvalue weighted by Crippen LogP contribution is 2.32. The lowest BCUT2D eigenvalue weighted by Gasteiger charge is -2.17. The van der Waals surface area contributed by atoms with Gasteiger partial charge < -0.3 is 10.1 Å². The van der Waals surface area contributed by atoms with Gasteiger partial charge in [0.05, 0.1) is 13.2 Å². The van der Waals surface area contributed by atoms with Gasteiger partial charge in [0.1, 0.15) is 0 Å². The lowest BCUT2D eigenvalue weighted by Crippen LogP contribution is -2.18. The van der Waals surface area contributed by atoms with E-state index in [0.29, 0.717) is 5.56 Å². The first-order valence-electron chi connectivity index (χ1n) is 5.73. The molecule has 0 aliphatic carbocycles. The van der Waals surface area contributed by atoms with Crippen molar-refractivity contribution in [1.82, 2.24) is 5.32 Å². The summed E-state index contributed by atoms with van der Waals surface area (Å²) >= 11 is 1.67. The van der Waals surface area contributed by atoms with Crippen LogP contribution in [0.2, 0.25) is 0 Å². The number of benzene rings is 1. The third kappa shape index (κ3) is 2.40. The largest absolute Gasteiger partial charge is 0.494 e. The summed E-state index contributed by atoms with van der Waals surface area (Å²) in [6.45, 7) is 2.04. The Bertz CT molecular complexity index is 538. The van der Waals surface area contributed by atoms with Crippen molar-refractivity contribution in [2.24, 2.45) is 0 Å². The van der Waals surface area contributed by atoms with Gasteiger partial charge in [-0.3, -0.25) is 0 Å². The van der Waals surface area contributed by atoms with Gasteiger partial charge in [-0.1, -0.05) is 12.1 Å². The Morgan fingerprint density at radius 2 is 2.06 bits per heavy atom. The molecule has 0 fully saturated rings. The predicted octanol–water partition coefficient (Wildman–Crippen LogP) is 3.51. The molecule has 0 saturated heterocycles. The standard InChI is InChI=1S/C14H16FNOS/c1-9-7-8-12(18-9)14(16-2)10-5-4-6-11(17-3)13(10)15/h4-8,14,16H,1-3H3. The fourth-order valence-electron chi connectivity index (χ4n) is 1.97.